The van der Waals surface area contributed by atoms with Crippen molar-refractivity contribution in [1.82, 2.24) is 9.88 Å². The smallest absolute Gasteiger partial charge is 0.233 e. The van der Waals surface area contributed by atoms with Crippen LogP contribution in [0.1, 0.15) is 27.8 Å². The van der Waals surface area contributed by atoms with E-state index in [1.807, 2.05) is 31.1 Å². The number of thiazole rings is 1. The van der Waals surface area contributed by atoms with Gasteiger partial charge in [-0.15, -0.1) is 0 Å². The van der Waals surface area contributed by atoms with Crippen molar-refractivity contribution in [2.45, 2.75) is 34.1 Å². The average molecular weight is 426 g/mol. The number of benzene rings is 2. The monoisotopic (exact) mass is 425 g/mol. The lowest BCUT2D eigenvalue weighted by Gasteiger charge is -2.23. The number of rotatable bonds is 7. The number of anilines is 1. The Bertz CT molecular complexity index is 1050. The molecule has 0 saturated carbocycles. The predicted octanol–water partition coefficient (Wildman–Crippen LogP) is 4.68. The molecule has 0 aliphatic heterocycles. The highest BCUT2D eigenvalue weighted by Crippen LogP contribution is 2.36. The van der Waals surface area contributed by atoms with E-state index in [2.05, 4.69) is 44.7 Å². The summed E-state index contributed by atoms with van der Waals surface area (Å²) in [6.07, 6.45) is 0.372. The van der Waals surface area contributed by atoms with E-state index in [9.17, 15) is 4.79 Å². The second-order valence-electron chi connectivity index (χ2n) is 8.16. The van der Waals surface area contributed by atoms with E-state index in [1.165, 1.54) is 5.56 Å². The number of fused-ring (bicyclic) bond motifs is 1. The molecular weight excluding hydrogens is 394 g/mol. The van der Waals surface area contributed by atoms with E-state index in [1.54, 1.807) is 18.4 Å². The van der Waals surface area contributed by atoms with Crippen molar-refractivity contribution in [3.05, 3.63) is 52.1 Å². The van der Waals surface area contributed by atoms with Crippen LogP contribution in [-0.2, 0) is 11.2 Å². The number of carbonyl (C=O) groups is 1. The summed E-state index contributed by atoms with van der Waals surface area (Å²) in [5.74, 6) is 0.811. The highest BCUT2D eigenvalue weighted by atomic mass is 32.1. The number of hydrogen-bond acceptors (Lipinski definition) is 5. The first kappa shape index (κ1) is 22.2. The molecule has 0 spiro atoms. The molecule has 1 amide bonds. The number of ether oxygens (including phenoxy) is 1. The Balaban J connectivity index is 2.00. The lowest BCUT2D eigenvalue weighted by atomic mass is 9.97. The normalized spacial score (nSPS) is 11.3. The number of amides is 1. The summed E-state index contributed by atoms with van der Waals surface area (Å²) >= 11 is 1.56. The first-order chi connectivity index (χ1) is 14.2. The molecule has 2 aromatic carbocycles. The van der Waals surface area contributed by atoms with Gasteiger partial charge in [-0.3, -0.25) is 9.69 Å². The molecule has 1 aromatic heterocycles. The zero-order valence-corrected chi connectivity index (χ0v) is 19.8. The summed E-state index contributed by atoms with van der Waals surface area (Å²) in [5.41, 5.74) is 6.61. The van der Waals surface area contributed by atoms with Crippen molar-refractivity contribution < 1.29 is 9.53 Å². The summed E-state index contributed by atoms with van der Waals surface area (Å²) in [6, 6.07) is 8.26. The molecule has 30 heavy (non-hydrogen) atoms. The third-order valence-electron chi connectivity index (χ3n) is 5.38. The van der Waals surface area contributed by atoms with Crippen LogP contribution in [0.25, 0.3) is 10.2 Å². The largest absolute Gasteiger partial charge is 0.494 e. The summed E-state index contributed by atoms with van der Waals surface area (Å²) in [6.45, 7) is 9.68. The van der Waals surface area contributed by atoms with Gasteiger partial charge in [-0.2, -0.15) is 0 Å². The summed E-state index contributed by atoms with van der Waals surface area (Å²) < 4.78 is 6.57. The SMILES string of the molecule is COc1ccc(C)c2sc(N(CCN(C)C)C(=O)Cc3c(C)cc(C)cc3C)nc12. The average Bonchev–Trinajstić information content (AvgIpc) is 3.11. The van der Waals surface area contributed by atoms with Crippen LogP contribution >= 0.6 is 11.3 Å². The minimum absolute atomic E-state index is 0.0718. The van der Waals surface area contributed by atoms with Crippen LogP contribution in [0.15, 0.2) is 24.3 Å². The minimum atomic E-state index is 0.0718. The predicted molar refractivity (Wildman–Crippen MR) is 126 cm³/mol. The molecule has 5 nitrogen and oxygen atoms in total. The van der Waals surface area contributed by atoms with Crippen molar-refractivity contribution in [2.24, 2.45) is 0 Å². The Morgan fingerprint density at radius 3 is 2.30 bits per heavy atom. The molecule has 160 valence electrons. The number of methoxy groups -OCH3 is 1. The summed E-state index contributed by atoms with van der Waals surface area (Å²) in [4.78, 5) is 22.2. The Hall–Kier alpha value is -2.44. The van der Waals surface area contributed by atoms with Crippen molar-refractivity contribution >= 4 is 32.6 Å². The maximum absolute atomic E-state index is 13.5. The van der Waals surface area contributed by atoms with Crippen molar-refractivity contribution in [3.63, 3.8) is 0 Å². The number of aryl methyl sites for hydroxylation is 4. The molecule has 0 N–H and O–H groups in total. The van der Waals surface area contributed by atoms with E-state index in [0.29, 0.717) is 13.0 Å². The molecule has 3 aromatic rings. The van der Waals surface area contributed by atoms with Crippen molar-refractivity contribution in [1.29, 1.82) is 0 Å². The highest BCUT2D eigenvalue weighted by molar-refractivity contribution is 7.22. The van der Waals surface area contributed by atoms with Crippen molar-refractivity contribution in [3.8, 4) is 5.75 Å². The maximum atomic E-state index is 13.5. The fourth-order valence-electron chi connectivity index (χ4n) is 3.74. The van der Waals surface area contributed by atoms with Crippen LogP contribution in [0, 0.1) is 27.7 Å². The summed E-state index contributed by atoms with van der Waals surface area (Å²) in [7, 11) is 5.69. The van der Waals surface area contributed by atoms with Crippen LogP contribution in [0.2, 0.25) is 0 Å². The third kappa shape index (κ3) is 4.65. The second kappa shape index (κ2) is 9.14. The number of aromatic nitrogens is 1. The second-order valence-corrected chi connectivity index (χ2v) is 9.14. The van der Waals surface area contributed by atoms with Crippen molar-refractivity contribution in [2.75, 3.05) is 39.2 Å². The van der Waals surface area contributed by atoms with Crippen LogP contribution in [0.3, 0.4) is 0 Å². The first-order valence-corrected chi connectivity index (χ1v) is 11.0. The Morgan fingerprint density at radius 2 is 1.70 bits per heavy atom. The molecule has 0 aliphatic rings. The van der Waals surface area contributed by atoms with Gasteiger partial charge in [0.1, 0.15) is 11.3 Å². The fourth-order valence-corrected chi connectivity index (χ4v) is 4.84. The van der Waals surface area contributed by atoms with E-state index in [4.69, 9.17) is 9.72 Å². The topological polar surface area (TPSA) is 45.7 Å². The minimum Gasteiger partial charge on any atom is -0.494 e. The molecule has 0 atom stereocenters. The third-order valence-corrected chi connectivity index (χ3v) is 6.60. The molecule has 0 aliphatic carbocycles. The van der Waals surface area contributed by atoms with Gasteiger partial charge in [-0.05, 0) is 70.1 Å². The molecule has 0 bridgehead atoms. The zero-order chi connectivity index (χ0) is 22.0. The first-order valence-electron chi connectivity index (χ1n) is 10.2. The van der Waals surface area contributed by atoms with Gasteiger partial charge in [0.15, 0.2) is 5.13 Å². The van der Waals surface area contributed by atoms with Gasteiger partial charge in [0.05, 0.1) is 18.2 Å². The van der Waals surface area contributed by atoms with Crippen LogP contribution in [-0.4, -0.2) is 50.1 Å². The van der Waals surface area contributed by atoms with Crippen LogP contribution in [0.4, 0.5) is 5.13 Å². The molecule has 0 fully saturated rings. The van der Waals surface area contributed by atoms with Gasteiger partial charge < -0.3 is 9.64 Å². The molecule has 3 rings (SSSR count). The number of hydrogen-bond donors (Lipinski definition) is 0. The maximum Gasteiger partial charge on any atom is 0.233 e. The van der Waals surface area contributed by atoms with Gasteiger partial charge in [-0.1, -0.05) is 35.1 Å². The Labute approximate surface area is 183 Å². The lowest BCUT2D eigenvalue weighted by Crippen LogP contribution is -2.37. The molecule has 1 heterocycles. The van der Waals surface area contributed by atoms with E-state index >= 15 is 0 Å². The van der Waals surface area contributed by atoms with E-state index in [0.717, 1.165) is 49.9 Å². The van der Waals surface area contributed by atoms with E-state index < -0.39 is 0 Å². The van der Waals surface area contributed by atoms with Gasteiger partial charge >= 0.3 is 0 Å². The Morgan fingerprint density at radius 1 is 1.03 bits per heavy atom. The number of nitrogens with zero attached hydrogens (tertiary/aromatic N) is 3. The van der Waals surface area contributed by atoms with Gasteiger partial charge in [0.25, 0.3) is 0 Å². The number of carbonyl (C=O) groups excluding carboxylic acids is 1. The van der Waals surface area contributed by atoms with Crippen LogP contribution in [0.5, 0.6) is 5.75 Å². The lowest BCUT2D eigenvalue weighted by molar-refractivity contribution is -0.118. The Kier molecular flexibility index (Phi) is 6.78. The molecular formula is C24H31N3O2S. The summed E-state index contributed by atoms with van der Waals surface area (Å²) in [5, 5.41) is 0.729. The molecule has 0 unspecified atom stereocenters. The van der Waals surface area contributed by atoms with Gasteiger partial charge in [0.2, 0.25) is 5.91 Å². The molecule has 0 saturated heterocycles. The molecule has 0 radical (unpaired) electrons. The highest BCUT2D eigenvalue weighted by Gasteiger charge is 2.23. The quantitative estimate of drug-likeness (QED) is 0.552. The van der Waals surface area contributed by atoms with Gasteiger partial charge in [-0.25, -0.2) is 4.98 Å². The molecule has 6 heteroatoms. The van der Waals surface area contributed by atoms with E-state index in [-0.39, 0.29) is 5.91 Å². The fraction of sp³-hybridized carbons (Fsp3) is 0.417. The standard InChI is InChI=1S/C24H31N3O2S/c1-15-12-17(3)19(18(4)13-15)14-21(28)27(11-10-26(5)6)24-25-22-20(29-7)9-8-16(2)23(22)30-24/h8-9,12-13H,10-11,14H2,1-7H3. The van der Waals surface area contributed by atoms with Crippen LogP contribution < -0.4 is 9.64 Å². The zero-order valence-electron chi connectivity index (χ0n) is 19.0. The number of likely N-dealkylation sites (N-methyl/N-ethyl adjacent to an activating group) is 1. The van der Waals surface area contributed by atoms with Gasteiger partial charge in [0, 0.05) is 13.1 Å².